The Morgan fingerprint density at radius 1 is 1.70 bits per heavy atom. The SMILES string of the molecule is NC1(COCC=O)COC1. The number of carbonyl (C=O) groups is 1. The number of hydrogen-bond donors (Lipinski definition) is 1. The highest BCUT2D eigenvalue weighted by molar-refractivity contribution is 5.50. The van der Waals surface area contributed by atoms with Crippen molar-refractivity contribution in [3.8, 4) is 0 Å². The number of rotatable bonds is 4. The summed E-state index contributed by atoms with van der Waals surface area (Å²) in [5.74, 6) is 0. The van der Waals surface area contributed by atoms with E-state index in [1.807, 2.05) is 0 Å². The Kier molecular flexibility index (Phi) is 2.37. The van der Waals surface area contributed by atoms with Crippen molar-refractivity contribution in [1.29, 1.82) is 0 Å². The molecular formula is C6H11NO3. The molecule has 2 N–H and O–H groups in total. The third-order valence-corrected chi connectivity index (χ3v) is 1.35. The molecule has 0 saturated carbocycles. The molecule has 0 aromatic heterocycles. The molecular weight excluding hydrogens is 134 g/mol. The summed E-state index contributed by atoms with van der Waals surface area (Å²) in [6.45, 7) is 1.60. The summed E-state index contributed by atoms with van der Waals surface area (Å²) in [7, 11) is 0. The van der Waals surface area contributed by atoms with Gasteiger partial charge in [-0.15, -0.1) is 0 Å². The van der Waals surface area contributed by atoms with Crippen LogP contribution >= 0.6 is 0 Å². The van der Waals surface area contributed by atoms with E-state index in [2.05, 4.69) is 0 Å². The maximum atomic E-state index is 9.80. The van der Waals surface area contributed by atoms with E-state index in [-0.39, 0.29) is 12.1 Å². The lowest BCUT2D eigenvalue weighted by atomic mass is 10.0. The molecule has 1 heterocycles. The fraction of sp³-hybridized carbons (Fsp3) is 0.833. The van der Waals surface area contributed by atoms with E-state index in [1.54, 1.807) is 0 Å². The van der Waals surface area contributed by atoms with Crippen molar-refractivity contribution in [3.63, 3.8) is 0 Å². The molecule has 1 saturated heterocycles. The van der Waals surface area contributed by atoms with Crippen LogP contribution in [0.5, 0.6) is 0 Å². The molecule has 0 bridgehead atoms. The van der Waals surface area contributed by atoms with Gasteiger partial charge in [-0.05, 0) is 0 Å². The summed E-state index contributed by atoms with van der Waals surface area (Å²) in [6.07, 6.45) is 0.711. The number of aldehydes is 1. The average molecular weight is 145 g/mol. The molecule has 0 aromatic rings. The Bertz CT molecular complexity index is 122. The molecule has 0 spiro atoms. The zero-order valence-corrected chi connectivity index (χ0v) is 5.71. The summed E-state index contributed by atoms with van der Waals surface area (Å²) in [4.78, 5) is 9.80. The van der Waals surface area contributed by atoms with Gasteiger partial charge in [0, 0.05) is 0 Å². The molecule has 0 atom stereocenters. The predicted octanol–water partition coefficient (Wildman–Crippen LogP) is -1.07. The number of ether oxygens (including phenoxy) is 2. The van der Waals surface area contributed by atoms with E-state index >= 15 is 0 Å². The van der Waals surface area contributed by atoms with Crippen LogP contribution in [0.2, 0.25) is 0 Å². The lowest BCUT2D eigenvalue weighted by Crippen LogP contribution is -2.60. The minimum Gasteiger partial charge on any atom is -0.377 e. The van der Waals surface area contributed by atoms with Gasteiger partial charge in [0.1, 0.15) is 12.9 Å². The van der Waals surface area contributed by atoms with Gasteiger partial charge in [-0.2, -0.15) is 0 Å². The summed E-state index contributed by atoms with van der Waals surface area (Å²) in [5, 5.41) is 0. The Balaban J connectivity index is 2.06. The molecule has 1 rings (SSSR count). The van der Waals surface area contributed by atoms with Gasteiger partial charge in [0.05, 0.1) is 25.4 Å². The van der Waals surface area contributed by atoms with Crippen molar-refractivity contribution >= 4 is 6.29 Å². The largest absolute Gasteiger partial charge is 0.377 e. The van der Waals surface area contributed by atoms with Crippen LogP contribution in [0.1, 0.15) is 0 Å². The van der Waals surface area contributed by atoms with Gasteiger partial charge in [-0.1, -0.05) is 0 Å². The van der Waals surface area contributed by atoms with Crippen LogP contribution in [0.25, 0.3) is 0 Å². The first-order valence-corrected chi connectivity index (χ1v) is 3.15. The first kappa shape index (κ1) is 7.65. The van der Waals surface area contributed by atoms with Crippen molar-refractivity contribution in [2.75, 3.05) is 26.4 Å². The lowest BCUT2D eigenvalue weighted by Gasteiger charge is -2.36. The van der Waals surface area contributed by atoms with E-state index < -0.39 is 0 Å². The quantitative estimate of drug-likeness (QED) is 0.404. The topological polar surface area (TPSA) is 61.5 Å². The molecule has 58 valence electrons. The molecule has 10 heavy (non-hydrogen) atoms. The third-order valence-electron chi connectivity index (χ3n) is 1.35. The van der Waals surface area contributed by atoms with Crippen molar-refractivity contribution in [1.82, 2.24) is 0 Å². The number of carbonyl (C=O) groups excluding carboxylic acids is 1. The van der Waals surface area contributed by atoms with Crippen LogP contribution in [0, 0.1) is 0 Å². The molecule has 0 radical (unpaired) electrons. The molecule has 4 nitrogen and oxygen atoms in total. The van der Waals surface area contributed by atoms with Crippen molar-refractivity contribution in [2.45, 2.75) is 5.54 Å². The van der Waals surface area contributed by atoms with Gasteiger partial charge >= 0.3 is 0 Å². The summed E-state index contributed by atoms with van der Waals surface area (Å²) < 4.78 is 9.79. The van der Waals surface area contributed by atoms with E-state index in [9.17, 15) is 4.79 Å². The van der Waals surface area contributed by atoms with E-state index in [4.69, 9.17) is 15.2 Å². The summed E-state index contributed by atoms with van der Waals surface area (Å²) >= 11 is 0. The van der Waals surface area contributed by atoms with Gasteiger partial charge in [-0.25, -0.2) is 0 Å². The minimum atomic E-state index is -0.330. The maximum absolute atomic E-state index is 9.80. The zero-order chi connectivity index (χ0) is 7.45. The van der Waals surface area contributed by atoms with Crippen LogP contribution in [0.4, 0.5) is 0 Å². The van der Waals surface area contributed by atoms with Gasteiger partial charge in [-0.3, -0.25) is 0 Å². The van der Waals surface area contributed by atoms with Crippen molar-refractivity contribution < 1.29 is 14.3 Å². The summed E-state index contributed by atoms with van der Waals surface area (Å²) in [5.41, 5.74) is 5.35. The Morgan fingerprint density at radius 2 is 2.40 bits per heavy atom. The van der Waals surface area contributed by atoms with Crippen LogP contribution in [-0.2, 0) is 14.3 Å². The van der Waals surface area contributed by atoms with E-state index in [0.717, 1.165) is 0 Å². The van der Waals surface area contributed by atoms with E-state index in [1.165, 1.54) is 0 Å². The first-order valence-electron chi connectivity index (χ1n) is 3.15. The lowest BCUT2D eigenvalue weighted by molar-refractivity contribution is -0.118. The fourth-order valence-corrected chi connectivity index (χ4v) is 0.758. The molecule has 0 unspecified atom stereocenters. The van der Waals surface area contributed by atoms with Crippen LogP contribution in [-0.4, -0.2) is 38.3 Å². The Labute approximate surface area is 59.3 Å². The summed E-state index contributed by atoms with van der Waals surface area (Å²) in [6, 6.07) is 0. The van der Waals surface area contributed by atoms with Gasteiger partial charge < -0.3 is 20.0 Å². The zero-order valence-electron chi connectivity index (χ0n) is 5.71. The molecule has 1 aliphatic rings. The van der Waals surface area contributed by atoms with Crippen LogP contribution in [0.15, 0.2) is 0 Å². The molecule has 1 fully saturated rings. The maximum Gasteiger partial charge on any atom is 0.145 e. The Morgan fingerprint density at radius 3 is 2.80 bits per heavy atom. The number of nitrogens with two attached hydrogens (primary N) is 1. The second-order valence-corrected chi connectivity index (χ2v) is 2.54. The smallest absolute Gasteiger partial charge is 0.145 e. The second-order valence-electron chi connectivity index (χ2n) is 2.54. The normalized spacial score (nSPS) is 21.7. The predicted molar refractivity (Wildman–Crippen MR) is 34.6 cm³/mol. The third kappa shape index (κ3) is 1.76. The van der Waals surface area contributed by atoms with Gasteiger partial charge in [0.25, 0.3) is 0 Å². The molecule has 1 aliphatic heterocycles. The van der Waals surface area contributed by atoms with Crippen LogP contribution in [0.3, 0.4) is 0 Å². The monoisotopic (exact) mass is 145 g/mol. The standard InChI is InChI=1S/C6H11NO3/c7-6(4-10-5-6)3-9-2-1-8/h1H,2-5,7H2. The van der Waals surface area contributed by atoms with Gasteiger partial charge in [0.2, 0.25) is 0 Å². The minimum absolute atomic E-state index is 0.124. The molecule has 4 heteroatoms. The van der Waals surface area contributed by atoms with E-state index in [0.29, 0.717) is 26.1 Å². The number of hydrogen-bond acceptors (Lipinski definition) is 4. The van der Waals surface area contributed by atoms with Gasteiger partial charge in [0.15, 0.2) is 0 Å². The van der Waals surface area contributed by atoms with Crippen LogP contribution < -0.4 is 5.73 Å². The molecule has 0 aromatic carbocycles. The fourth-order valence-electron chi connectivity index (χ4n) is 0.758. The first-order chi connectivity index (χ1) is 4.77. The highest BCUT2D eigenvalue weighted by Gasteiger charge is 2.34. The molecule has 0 amide bonds. The van der Waals surface area contributed by atoms with Crippen molar-refractivity contribution in [3.05, 3.63) is 0 Å². The highest BCUT2D eigenvalue weighted by atomic mass is 16.5. The highest BCUT2D eigenvalue weighted by Crippen LogP contribution is 2.12. The Hall–Kier alpha value is -0.450. The molecule has 0 aliphatic carbocycles. The second kappa shape index (κ2) is 3.09. The average Bonchev–Trinajstić information content (AvgIpc) is 1.85. The van der Waals surface area contributed by atoms with Crippen molar-refractivity contribution in [2.24, 2.45) is 5.73 Å².